The summed E-state index contributed by atoms with van der Waals surface area (Å²) >= 11 is 2.17. The summed E-state index contributed by atoms with van der Waals surface area (Å²) in [5, 5.41) is 0.921. The topological polar surface area (TPSA) is 0 Å². The van der Waals surface area contributed by atoms with Crippen molar-refractivity contribution in [2.75, 3.05) is 6.26 Å². The minimum Gasteiger partial charge on any atom is -0.162 e. The molecule has 0 aliphatic heterocycles. The van der Waals surface area contributed by atoms with Gasteiger partial charge in [0.1, 0.15) is 0 Å². The average Bonchev–Trinajstić information content (AvgIpc) is 3.10. The Hall–Kier alpha value is 0.350. The van der Waals surface area contributed by atoms with Gasteiger partial charge in [-0.15, -0.1) is 0 Å². The zero-order valence-electron chi connectivity index (χ0n) is 21.9. The normalized spacial score (nSPS) is 54.5. The van der Waals surface area contributed by atoms with Crippen LogP contribution in [-0.4, -0.2) is 11.5 Å². The number of thioether (sulfide) groups is 1. The maximum atomic E-state index is 2.81. The van der Waals surface area contributed by atoms with Crippen molar-refractivity contribution in [1.29, 1.82) is 0 Å². The van der Waals surface area contributed by atoms with Gasteiger partial charge in [-0.1, -0.05) is 48.0 Å². The standard InChI is InChI=1S/C30H52S/c1-20-22-12-16-29(6)23-13-18-30(19-27(2,3)4)15-8-9-24(30)21(23)10-11-26(29)28(22,5)17-14-25(20)31-7/h20-26H,8-19H2,1-7H3. The molecule has 10 unspecified atom stereocenters. The number of hydrogen-bond acceptors (Lipinski definition) is 1. The lowest BCUT2D eigenvalue weighted by Crippen LogP contribution is -2.61. The van der Waals surface area contributed by atoms with Gasteiger partial charge < -0.3 is 0 Å². The van der Waals surface area contributed by atoms with Gasteiger partial charge >= 0.3 is 0 Å². The fourth-order valence-electron chi connectivity index (χ4n) is 11.6. The quantitative estimate of drug-likeness (QED) is 0.409. The Morgan fingerprint density at radius 3 is 2.16 bits per heavy atom. The first-order valence-electron chi connectivity index (χ1n) is 14.1. The second-order valence-corrected chi connectivity index (χ2v) is 15.9. The predicted octanol–water partition coefficient (Wildman–Crippen LogP) is 9.23. The SMILES string of the molecule is CSC1CCC2(C)C(CCC3(C)C4CCC5(CC(C)(C)C)CCCC5C4CCC23)C1C. The molecule has 0 radical (unpaired) electrons. The van der Waals surface area contributed by atoms with Crippen molar-refractivity contribution in [3.05, 3.63) is 0 Å². The molecule has 0 nitrogen and oxygen atoms in total. The highest BCUT2D eigenvalue weighted by Crippen LogP contribution is 2.72. The fraction of sp³-hybridized carbons (Fsp3) is 1.00. The van der Waals surface area contributed by atoms with E-state index in [4.69, 9.17) is 0 Å². The lowest BCUT2D eigenvalue weighted by Gasteiger charge is -2.68. The Balaban J connectivity index is 1.42. The van der Waals surface area contributed by atoms with Crippen molar-refractivity contribution < 1.29 is 0 Å². The van der Waals surface area contributed by atoms with E-state index in [9.17, 15) is 0 Å². The van der Waals surface area contributed by atoms with Crippen LogP contribution in [-0.2, 0) is 0 Å². The van der Waals surface area contributed by atoms with Crippen molar-refractivity contribution >= 4 is 11.8 Å². The zero-order valence-corrected chi connectivity index (χ0v) is 22.8. The number of hydrogen-bond donors (Lipinski definition) is 0. The van der Waals surface area contributed by atoms with E-state index in [0.717, 1.165) is 40.8 Å². The highest BCUT2D eigenvalue weighted by atomic mass is 32.2. The molecule has 0 saturated heterocycles. The van der Waals surface area contributed by atoms with Crippen molar-refractivity contribution in [3.63, 3.8) is 0 Å². The molecule has 0 N–H and O–H groups in total. The van der Waals surface area contributed by atoms with Gasteiger partial charge in [-0.3, -0.25) is 0 Å². The third kappa shape index (κ3) is 3.43. The molecule has 0 aromatic rings. The molecule has 0 spiro atoms. The maximum absolute atomic E-state index is 2.81. The Kier molecular flexibility index (Phi) is 5.72. The van der Waals surface area contributed by atoms with Crippen molar-refractivity contribution in [2.45, 2.75) is 124 Å². The van der Waals surface area contributed by atoms with Crippen LogP contribution in [0.25, 0.3) is 0 Å². The minimum absolute atomic E-state index is 0.494. The van der Waals surface area contributed by atoms with Crippen LogP contribution in [0.4, 0.5) is 0 Å². The van der Waals surface area contributed by atoms with Crippen LogP contribution in [0.15, 0.2) is 0 Å². The second kappa shape index (κ2) is 7.68. The van der Waals surface area contributed by atoms with Crippen LogP contribution in [0.5, 0.6) is 0 Å². The lowest BCUT2D eigenvalue weighted by molar-refractivity contribution is -0.184. The predicted molar refractivity (Wildman–Crippen MR) is 137 cm³/mol. The summed E-state index contributed by atoms with van der Waals surface area (Å²) in [7, 11) is 0. The van der Waals surface area contributed by atoms with Crippen LogP contribution in [0.2, 0.25) is 0 Å². The maximum Gasteiger partial charge on any atom is 0.00729 e. The number of fused-ring (bicyclic) bond motifs is 7. The molecule has 10 atom stereocenters. The van der Waals surface area contributed by atoms with E-state index in [1.807, 2.05) is 0 Å². The summed E-state index contributed by atoms with van der Waals surface area (Å²) < 4.78 is 0. The average molecular weight is 445 g/mol. The molecule has 5 aliphatic rings. The first-order chi connectivity index (χ1) is 14.5. The monoisotopic (exact) mass is 444 g/mol. The highest BCUT2D eigenvalue weighted by molar-refractivity contribution is 7.99. The summed E-state index contributed by atoms with van der Waals surface area (Å²) in [5.41, 5.74) is 2.46. The molecule has 0 aromatic heterocycles. The molecular weight excluding hydrogens is 392 g/mol. The van der Waals surface area contributed by atoms with Crippen molar-refractivity contribution in [3.8, 4) is 0 Å². The molecule has 5 fully saturated rings. The third-order valence-corrected chi connectivity index (χ3v) is 13.7. The first kappa shape index (κ1) is 23.1. The van der Waals surface area contributed by atoms with Crippen LogP contribution in [0.1, 0.15) is 119 Å². The Bertz CT molecular complexity index is 676. The van der Waals surface area contributed by atoms with Crippen LogP contribution < -0.4 is 0 Å². The fourth-order valence-corrected chi connectivity index (χ4v) is 12.6. The van der Waals surface area contributed by atoms with Gasteiger partial charge in [0.15, 0.2) is 0 Å². The molecule has 0 heterocycles. The molecular formula is C30H52S. The summed E-state index contributed by atoms with van der Waals surface area (Å²) in [6.07, 6.45) is 20.8. The van der Waals surface area contributed by atoms with Gasteiger partial charge in [-0.25, -0.2) is 0 Å². The van der Waals surface area contributed by atoms with Crippen molar-refractivity contribution in [2.24, 2.45) is 57.2 Å². The van der Waals surface area contributed by atoms with E-state index in [1.165, 1.54) is 32.1 Å². The Labute approximate surface area is 198 Å². The van der Waals surface area contributed by atoms with Gasteiger partial charge in [-0.2, -0.15) is 11.8 Å². The summed E-state index contributed by atoms with van der Waals surface area (Å²) in [4.78, 5) is 0. The molecule has 31 heavy (non-hydrogen) atoms. The van der Waals surface area contributed by atoms with Crippen molar-refractivity contribution in [1.82, 2.24) is 0 Å². The van der Waals surface area contributed by atoms with E-state index in [2.05, 4.69) is 59.6 Å². The van der Waals surface area contributed by atoms with E-state index < -0.39 is 0 Å². The summed E-state index contributed by atoms with van der Waals surface area (Å²) in [6, 6.07) is 0. The molecule has 0 aromatic carbocycles. The number of rotatable bonds is 2. The van der Waals surface area contributed by atoms with Gasteiger partial charge in [0.2, 0.25) is 0 Å². The van der Waals surface area contributed by atoms with E-state index >= 15 is 0 Å². The minimum atomic E-state index is 0.494. The van der Waals surface area contributed by atoms with Gasteiger partial charge in [0.05, 0.1) is 0 Å². The molecule has 5 rings (SSSR count). The zero-order chi connectivity index (χ0) is 22.2. The van der Waals surface area contributed by atoms with Gasteiger partial charge in [-0.05, 0) is 134 Å². The molecule has 0 bridgehead atoms. The molecule has 0 amide bonds. The van der Waals surface area contributed by atoms with Crippen LogP contribution in [0, 0.1) is 57.2 Å². The molecule has 5 aliphatic carbocycles. The lowest BCUT2D eigenvalue weighted by atomic mass is 9.37. The molecule has 1 heteroatoms. The van der Waals surface area contributed by atoms with Crippen LogP contribution >= 0.6 is 11.8 Å². The van der Waals surface area contributed by atoms with Crippen LogP contribution in [0.3, 0.4) is 0 Å². The van der Waals surface area contributed by atoms with E-state index in [0.29, 0.717) is 21.7 Å². The highest BCUT2D eigenvalue weighted by Gasteiger charge is 2.64. The van der Waals surface area contributed by atoms with Gasteiger partial charge in [0, 0.05) is 5.25 Å². The smallest absolute Gasteiger partial charge is 0.00729 e. The summed E-state index contributed by atoms with van der Waals surface area (Å²) in [5.74, 6) is 6.07. The Morgan fingerprint density at radius 2 is 1.45 bits per heavy atom. The largest absolute Gasteiger partial charge is 0.162 e. The van der Waals surface area contributed by atoms with E-state index in [1.54, 1.807) is 44.9 Å². The molecule has 5 saturated carbocycles. The van der Waals surface area contributed by atoms with E-state index in [-0.39, 0.29) is 0 Å². The van der Waals surface area contributed by atoms with Gasteiger partial charge in [0.25, 0.3) is 0 Å². The third-order valence-electron chi connectivity index (χ3n) is 12.4. The molecule has 178 valence electrons. The summed E-state index contributed by atoms with van der Waals surface area (Å²) in [6.45, 7) is 15.7. The first-order valence-corrected chi connectivity index (χ1v) is 15.4. The Morgan fingerprint density at radius 1 is 0.774 bits per heavy atom. The second-order valence-electron chi connectivity index (χ2n) is 14.9.